The van der Waals surface area contributed by atoms with Gasteiger partial charge in [0, 0.05) is 32.2 Å². The van der Waals surface area contributed by atoms with Crippen molar-refractivity contribution in [3.8, 4) is 0 Å². The van der Waals surface area contributed by atoms with Crippen LogP contribution < -0.4 is 10.6 Å². The summed E-state index contributed by atoms with van der Waals surface area (Å²) in [5.41, 5.74) is 0.818. The van der Waals surface area contributed by atoms with Crippen molar-refractivity contribution in [3.63, 3.8) is 0 Å². The molecule has 1 aliphatic rings. The van der Waals surface area contributed by atoms with Crippen LogP contribution in [0.5, 0.6) is 0 Å². The molecule has 8 heteroatoms. The molecule has 2 N–H and O–H groups in total. The topological polar surface area (TPSA) is 92.0 Å². The zero-order valence-corrected chi connectivity index (χ0v) is 12.3. The van der Waals surface area contributed by atoms with Crippen molar-refractivity contribution in [2.75, 3.05) is 27.2 Å². The fourth-order valence-electron chi connectivity index (χ4n) is 2.23. The molecule has 1 amide bonds. The van der Waals surface area contributed by atoms with Gasteiger partial charge in [-0.15, -0.1) is 0 Å². The largest absolute Gasteiger partial charge is 0.453 e. The van der Waals surface area contributed by atoms with Crippen molar-refractivity contribution >= 4 is 12.1 Å². The number of guanidine groups is 1. The van der Waals surface area contributed by atoms with Crippen LogP contribution in [0.4, 0.5) is 4.79 Å². The summed E-state index contributed by atoms with van der Waals surface area (Å²) in [7, 11) is 3.13. The molecule has 0 unspecified atom stereocenters. The number of amides is 1. The molecule has 8 nitrogen and oxygen atoms in total. The summed E-state index contributed by atoms with van der Waals surface area (Å²) in [6, 6.07) is 2.09. The van der Waals surface area contributed by atoms with Gasteiger partial charge >= 0.3 is 6.09 Å². The van der Waals surface area contributed by atoms with Gasteiger partial charge in [0.2, 0.25) is 0 Å². The van der Waals surface area contributed by atoms with E-state index in [0.717, 1.165) is 24.5 Å². The SMILES string of the molecule is CN=C(NCc1ccon1)NC1CCN(C(=O)OC)CC1. The number of likely N-dealkylation sites (tertiary alicyclic amines) is 1. The molecule has 2 rings (SSSR count). The number of rotatable bonds is 3. The van der Waals surface area contributed by atoms with E-state index in [1.165, 1.54) is 13.4 Å². The minimum Gasteiger partial charge on any atom is -0.453 e. The lowest BCUT2D eigenvalue weighted by Crippen LogP contribution is -2.49. The zero-order chi connectivity index (χ0) is 15.1. The second-order valence-corrected chi connectivity index (χ2v) is 4.79. The maximum absolute atomic E-state index is 11.4. The van der Waals surface area contributed by atoms with Crippen LogP contribution >= 0.6 is 0 Å². The van der Waals surface area contributed by atoms with E-state index in [2.05, 4.69) is 20.8 Å². The molecule has 0 radical (unpaired) electrons. The number of ether oxygens (including phenoxy) is 1. The predicted octanol–water partition coefficient (Wildman–Crippen LogP) is 0.570. The van der Waals surface area contributed by atoms with E-state index in [4.69, 9.17) is 9.26 Å². The van der Waals surface area contributed by atoms with Gasteiger partial charge < -0.3 is 24.8 Å². The van der Waals surface area contributed by atoms with Crippen LogP contribution in [0.2, 0.25) is 0 Å². The van der Waals surface area contributed by atoms with E-state index >= 15 is 0 Å². The van der Waals surface area contributed by atoms with Gasteiger partial charge in [-0.3, -0.25) is 4.99 Å². The number of aliphatic imine (C=N–C) groups is 1. The Bertz CT molecular complexity index is 466. The average molecular weight is 295 g/mol. The Kier molecular flexibility index (Phi) is 5.42. The van der Waals surface area contributed by atoms with Crippen molar-refractivity contribution in [3.05, 3.63) is 18.0 Å². The lowest BCUT2D eigenvalue weighted by atomic mass is 10.1. The zero-order valence-electron chi connectivity index (χ0n) is 12.3. The predicted molar refractivity (Wildman–Crippen MR) is 76.8 cm³/mol. The third-order valence-corrected chi connectivity index (χ3v) is 3.42. The molecule has 0 atom stereocenters. The Morgan fingerprint density at radius 3 is 2.90 bits per heavy atom. The number of carbonyl (C=O) groups excluding carboxylic acids is 1. The van der Waals surface area contributed by atoms with Crippen LogP contribution in [-0.4, -0.2) is 55.4 Å². The Morgan fingerprint density at radius 1 is 1.57 bits per heavy atom. The molecule has 21 heavy (non-hydrogen) atoms. The molecular formula is C13H21N5O3. The van der Waals surface area contributed by atoms with E-state index in [-0.39, 0.29) is 12.1 Å². The Balaban J connectivity index is 1.74. The molecule has 0 bridgehead atoms. The normalized spacial score (nSPS) is 16.7. The third-order valence-electron chi connectivity index (χ3n) is 3.42. The molecule has 0 aliphatic carbocycles. The molecule has 1 aliphatic heterocycles. The van der Waals surface area contributed by atoms with Gasteiger partial charge in [0.05, 0.1) is 13.7 Å². The highest BCUT2D eigenvalue weighted by Gasteiger charge is 2.23. The first-order valence-electron chi connectivity index (χ1n) is 6.92. The summed E-state index contributed by atoms with van der Waals surface area (Å²) < 4.78 is 9.50. The summed E-state index contributed by atoms with van der Waals surface area (Å²) in [5, 5.41) is 10.4. The Morgan fingerprint density at radius 2 is 2.33 bits per heavy atom. The summed E-state index contributed by atoms with van der Waals surface area (Å²) in [4.78, 5) is 17.3. The quantitative estimate of drug-likeness (QED) is 0.626. The molecule has 1 fully saturated rings. The molecule has 2 heterocycles. The van der Waals surface area contributed by atoms with E-state index in [1.54, 1.807) is 18.0 Å². The lowest BCUT2D eigenvalue weighted by Gasteiger charge is -2.32. The monoisotopic (exact) mass is 295 g/mol. The van der Waals surface area contributed by atoms with Gasteiger partial charge in [-0.1, -0.05) is 5.16 Å². The summed E-state index contributed by atoms with van der Waals surface area (Å²) in [5.74, 6) is 0.717. The van der Waals surface area contributed by atoms with Crippen molar-refractivity contribution in [1.29, 1.82) is 0 Å². The number of aromatic nitrogens is 1. The standard InChI is InChI=1S/C13H21N5O3/c1-14-12(15-9-11-5-8-21-17-11)16-10-3-6-18(7-4-10)13(19)20-2/h5,8,10H,3-4,6-7,9H2,1-2H3,(H2,14,15,16). The van der Waals surface area contributed by atoms with Gasteiger partial charge in [0.15, 0.2) is 5.96 Å². The van der Waals surface area contributed by atoms with Crippen LogP contribution in [0.15, 0.2) is 21.8 Å². The first-order chi connectivity index (χ1) is 10.2. The maximum atomic E-state index is 11.4. The smallest absolute Gasteiger partial charge is 0.409 e. The van der Waals surface area contributed by atoms with E-state index in [1.807, 2.05) is 0 Å². The van der Waals surface area contributed by atoms with Gasteiger partial charge in [0.25, 0.3) is 0 Å². The molecule has 1 saturated heterocycles. The number of carbonyl (C=O) groups is 1. The molecule has 116 valence electrons. The van der Waals surface area contributed by atoms with Gasteiger partial charge in [-0.2, -0.15) is 0 Å². The number of nitrogens with one attached hydrogen (secondary N) is 2. The summed E-state index contributed by atoms with van der Waals surface area (Å²) in [6.45, 7) is 1.92. The van der Waals surface area contributed by atoms with Crippen molar-refractivity contribution in [2.24, 2.45) is 4.99 Å². The van der Waals surface area contributed by atoms with Gasteiger partial charge in [0.1, 0.15) is 12.0 Å². The highest BCUT2D eigenvalue weighted by atomic mass is 16.5. The van der Waals surface area contributed by atoms with E-state index in [0.29, 0.717) is 19.6 Å². The minimum atomic E-state index is -0.262. The van der Waals surface area contributed by atoms with Gasteiger partial charge in [-0.05, 0) is 12.8 Å². The molecule has 0 spiro atoms. The maximum Gasteiger partial charge on any atom is 0.409 e. The lowest BCUT2D eigenvalue weighted by molar-refractivity contribution is 0.111. The summed E-state index contributed by atoms with van der Waals surface area (Å²) in [6.07, 6.45) is 3.00. The molecule has 1 aromatic rings. The number of nitrogens with zero attached hydrogens (tertiary/aromatic N) is 3. The molecule has 0 aromatic carbocycles. The second kappa shape index (κ2) is 7.51. The second-order valence-electron chi connectivity index (χ2n) is 4.79. The summed E-state index contributed by atoms with van der Waals surface area (Å²) >= 11 is 0. The van der Waals surface area contributed by atoms with Crippen LogP contribution in [0.25, 0.3) is 0 Å². The number of methoxy groups -OCH3 is 1. The van der Waals surface area contributed by atoms with Crippen LogP contribution in [-0.2, 0) is 11.3 Å². The molecular weight excluding hydrogens is 274 g/mol. The number of piperidine rings is 1. The van der Waals surface area contributed by atoms with E-state index in [9.17, 15) is 4.79 Å². The Labute approximate surface area is 123 Å². The first-order valence-corrected chi connectivity index (χ1v) is 6.92. The molecule has 1 aromatic heterocycles. The minimum absolute atomic E-state index is 0.262. The van der Waals surface area contributed by atoms with Crippen LogP contribution in [0.3, 0.4) is 0 Å². The van der Waals surface area contributed by atoms with Crippen molar-refractivity contribution in [1.82, 2.24) is 20.7 Å². The number of hydrogen-bond acceptors (Lipinski definition) is 5. The van der Waals surface area contributed by atoms with E-state index < -0.39 is 0 Å². The highest BCUT2D eigenvalue weighted by molar-refractivity contribution is 5.80. The fourth-order valence-corrected chi connectivity index (χ4v) is 2.23. The van der Waals surface area contributed by atoms with Gasteiger partial charge in [-0.25, -0.2) is 4.79 Å². The Hall–Kier alpha value is -2.25. The third kappa shape index (κ3) is 4.37. The highest BCUT2D eigenvalue weighted by Crippen LogP contribution is 2.11. The fraction of sp³-hybridized carbons (Fsp3) is 0.615. The van der Waals surface area contributed by atoms with Crippen molar-refractivity contribution < 1.29 is 14.1 Å². The molecule has 0 saturated carbocycles. The van der Waals surface area contributed by atoms with Crippen molar-refractivity contribution in [2.45, 2.75) is 25.4 Å². The van der Waals surface area contributed by atoms with Crippen LogP contribution in [0, 0.1) is 0 Å². The average Bonchev–Trinajstić information content (AvgIpc) is 3.04. The van der Waals surface area contributed by atoms with Crippen LogP contribution in [0.1, 0.15) is 18.5 Å². The number of hydrogen-bond donors (Lipinski definition) is 2. The first kappa shape index (κ1) is 15.1.